The number of aromatic nitrogens is 2. The second kappa shape index (κ2) is 7.04. The molecule has 3 heteroatoms. The maximum absolute atomic E-state index is 6.70. The first kappa shape index (κ1) is 20.7. The van der Waals surface area contributed by atoms with Gasteiger partial charge in [-0.15, -0.1) is 0 Å². The fourth-order valence-electron chi connectivity index (χ4n) is 6.01. The largest absolute Gasteiger partial charge is 0.453 e. The molecule has 0 spiro atoms. The summed E-state index contributed by atoms with van der Waals surface area (Å²) in [6.45, 7) is 6.80. The number of benzene rings is 5. The average Bonchev–Trinajstić information content (AvgIpc) is 3.26. The summed E-state index contributed by atoms with van der Waals surface area (Å²) in [5.74, 6) is 0. The molecule has 0 amide bonds. The monoisotopic (exact) mass is 478 g/mol. The van der Waals surface area contributed by atoms with Crippen molar-refractivity contribution in [2.75, 3.05) is 0 Å². The molecule has 178 valence electrons. The first-order valence-electron chi connectivity index (χ1n) is 12.9. The van der Waals surface area contributed by atoms with Gasteiger partial charge in [-0.3, -0.25) is 4.57 Å². The Morgan fingerprint density at radius 1 is 0.568 bits per heavy atom. The first-order chi connectivity index (χ1) is 18.0. The summed E-state index contributed by atoms with van der Waals surface area (Å²) in [7, 11) is 0. The summed E-state index contributed by atoms with van der Waals surface area (Å²) in [5.41, 5.74) is 12.4. The second-order valence-electron chi connectivity index (χ2n) is 11.1. The molecule has 3 nitrogen and oxygen atoms in total. The molecule has 8 rings (SSSR count). The van der Waals surface area contributed by atoms with Gasteiger partial charge in [-0.05, 0) is 58.5 Å². The Kier molecular flexibility index (Phi) is 3.93. The van der Waals surface area contributed by atoms with Crippen LogP contribution in [0.1, 0.15) is 26.3 Å². The van der Waals surface area contributed by atoms with Crippen LogP contribution in [0.2, 0.25) is 0 Å². The third-order valence-electron chi connectivity index (χ3n) is 7.83. The van der Waals surface area contributed by atoms with Gasteiger partial charge in [-0.2, -0.15) is 0 Å². The van der Waals surface area contributed by atoms with Crippen LogP contribution < -0.4 is 0 Å². The van der Waals surface area contributed by atoms with Crippen LogP contribution in [0.4, 0.5) is 0 Å². The van der Waals surface area contributed by atoms with Crippen LogP contribution in [-0.4, -0.2) is 8.97 Å². The van der Waals surface area contributed by atoms with Crippen molar-refractivity contribution in [3.8, 4) is 16.8 Å². The molecule has 0 atom stereocenters. The lowest BCUT2D eigenvalue weighted by Gasteiger charge is -2.26. The summed E-state index contributed by atoms with van der Waals surface area (Å²) < 4.78 is 11.6. The fraction of sp³-hybridized carbons (Fsp3) is 0.118. The molecular formula is C34H26N2O. The van der Waals surface area contributed by atoms with E-state index in [4.69, 9.17) is 4.42 Å². The summed E-state index contributed by atoms with van der Waals surface area (Å²) in [5, 5.41) is 2.54. The molecule has 6 aromatic rings. The Bertz CT molecular complexity index is 2110. The topological polar surface area (TPSA) is 22.5 Å². The van der Waals surface area contributed by atoms with Gasteiger partial charge in [0.25, 0.3) is 0 Å². The van der Waals surface area contributed by atoms with E-state index in [-0.39, 0.29) is 5.41 Å². The summed E-state index contributed by atoms with van der Waals surface area (Å²) in [6, 6.07) is 37.1. The highest BCUT2D eigenvalue weighted by atomic mass is 16.3. The molecule has 5 aromatic carbocycles. The van der Waals surface area contributed by atoms with E-state index >= 15 is 0 Å². The number of rotatable bonds is 1. The quantitative estimate of drug-likeness (QED) is 0.170. The van der Waals surface area contributed by atoms with Crippen molar-refractivity contribution in [2.24, 2.45) is 0 Å². The van der Waals surface area contributed by atoms with Crippen LogP contribution in [0.3, 0.4) is 0 Å². The highest BCUT2D eigenvalue weighted by molar-refractivity contribution is 6.16. The van der Waals surface area contributed by atoms with Crippen LogP contribution in [0.5, 0.6) is 0 Å². The lowest BCUT2D eigenvalue weighted by molar-refractivity contribution is 0.585. The lowest BCUT2D eigenvalue weighted by Crippen LogP contribution is -2.14. The standard InChI is InChI=1S/C34H26N2O/c1-34(2,3)23-19-29-33-31(20-23)37-30-17-16-22(21-10-5-4-6-11-21)18-28(30)36(33)27-15-9-13-25-24-12-7-8-14-26(24)35(29)32(25)27/h4-20H,1-3H3. The van der Waals surface area contributed by atoms with E-state index in [9.17, 15) is 0 Å². The van der Waals surface area contributed by atoms with Gasteiger partial charge >= 0.3 is 0 Å². The summed E-state index contributed by atoms with van der Waals surface area (Å²) >= 11 is 0. The minimum absolute atomic E-state index is 0.0177. The predicted octanol–water partition coefficient (Wildman–Crippen LogP) is 9.34. The van der Waals surface area contributed by atoms with E-state index in [0.717, 1.165) is 22.4 Å². The first-order valence-corrected chi connectivity index (χ1v) is 12.9. The molecule has 0 N–H and O–H groups in total. The lowest BCUT2D eigenvalue weighted by atomic mass is 9.86. The van der Waals surface area contributed by atoms with Crippen molar-refractivity contribution in [1.29, 1.82) is 0 Å². The zero-order chi connectivity index (χ0) is 24.9. The van der Waals surface area contributed by atoms with Gasteiger partial charge in [0.05, 0.1) is 27.6 Å². The van der Waals surface area contributed by atoms with Gasteiger partial charge in [0, 0.05) is 10.8 Å². The third kappa shape index (κ3) is 2.77. The highest BCUT2D eigenvalue weighted by Crippen LogP contribution is 2.43. The molecule has 0 fully saturated rings. The normalized spacial score (nSPS) is 12.7. The van der Waals surface area contributed by atoms with Gasteiger partial charge in [-0.1, -0.05) is 87.5 Å². The fourth-order valence-corrected chi connectivity index (χ4v) is 6.01. The number of nitrogens with zero attached hydrogens (tertiary/aromatic N) is 2. The zero-order valence-electron chi connectivity index (χ0n) is 21.1. The van der Waals surface area contributed by atoms with Crippen molar-refractivity contribution >= 4 is 49.5 Å². The average molecular weight is 479 g/mol. The molecule has 0 saturated heterocycles. The van der Waals surface area contributed by atoms with Crippen molar-refractivity contribution in [1.82, 2.24) is 8.97 Å². The molecule has 0 unspecified atom stereocenters. The van der Waals surface area contributed by atoms with Crippen molar-refractivity contribution in [2.45, 2.75) is 26.2 Å². The second-order valence-corrected chi connectivity index (χ2v) is 11.1. The van der Waals surface area contributed by atoms with E-state index in [1.165, 1.54) is 49.5 Å². The Balaban J connectivity index is 1.67. The third-order valence-corrected chi connectivity index (χ3v) is 7.83. The van der Waals surface area contributed by atoms with Crippen LogP contribution in [0.25, 0.3) is 66.3 Å². The summed E-state index contributed by atoms with van der Waals surface area (Å²) in [6.07, 6.45) is 0. The number of hydrogen-bond donors (Lipinski definition) is 0. The molecule has 0 bridgehead atoms. The highest BCUT2D eigenvalue weighted by Gasteiger charge is 2.26. The van der Waals surface area contributed by atoms with E-state index in [0.29, 0.717) is 0 Å². The van der Waals surface area contributed by atoms with Gasteiger partial charge < -0.3 is 8.82 Å². The Morgan fingerprint density at radius 2 is 1.32 bits per heavy atom. The van der Waals surface area contributed by atoms with Gasteiger partial charge in [0.2, 0.25) is 0 Å². The predicted molar refractivity (Wildman–Crippen MR) is 154 cm³/mol. The van der Waals surface area contributed by atoms with Crippen molar-refractivity contribution in [3.05, 3.63) is 109 Å². The van der Waals surface area contributed by atoms with Crippen LogP contribution in [-0.2, 0) is 5.41 Å². The number of para-hydroxylation sites is 2. The van der Waals surface area contributed by atoms with E-state index < -0.39 is 0 Å². The van der Waals surface area contributed by atoms with Crippen LogP contribution >= 0.6 is 0 Å². The SMILES string of the molecule is CC(C)(C)c1cc2oc3ccc(-c4ccccc4)cc3n3c4cccc5c6ccccc6n(c(c1)c2-3)c54. The van der Waals surface area contributed by atoms with E-state index in [1.54, 1.807) is 0 Å². The van der Waals surface area contributed by atoms with Gasteiger partial charge in [0.1, 0.15) is 5.69 Å². The molecule has 0 saturated carbocycles. The van der Waals surface area contributed by atoms with Gasteiger partial charge in [-0.25, -0.2) is 0 Å². The molecule has 1 aromatic heterocycles. The molecule has 2 aliphatic rings. The maximum atomic E-state index is 6.70. The van der Waals surface area contributed by atoms with Crippen molar-refractivity contribution in [3.63, 3.8) is 0 Å². The van der Waals surface area contributed by atoms with Crippen molar-refractivity contribution < 1.29 is 4.42 Å². The van der Waals surface area contributed by atoms with E-state index in [2.05, 4.69) is 133 Å². The minimum Gasteiger partial charge on any atom is -0.453 e. The smallest absolute Gasteiger partial charge is 0.154 e. The summed E-state index contributed by atoms with van der Waals surface area (Å²) in [4.78, 5) is 0. The Hall–Kier alpha value is -4.50. The molecule has 0 radical (unpaired) electrons. The van der Waals surface area contributed by atoms with Crippen LogP contribution in [0.15, 0.2) is 108 Å². The zero-order valence-corrected chi connectivity index (χ0v) is 21.1. The molecule has 37 heavy (non-hydrogen) atoms. The Labute approximate surface area is 214 Å². The molecule has 3 heterocycles. The van der Waals surface area contributed by atoms with Crippen LogP contribution in [0, 0.1) is 0 Å². The minimum atomic E-state index is -0.0177. The number of hydrogen-bond acceptors (Lipinski definition) is 1. The van der Waals surface area contributed by atoms with Gasteiger partial charge in [0.15, 0.2) is 11.2 Å². The van der Waals surface area contributed by atoms with E-state index in [1.807, 2.05) is 0 Å². The molecule has 2 aliphatic heterocycles. The molecule has 0 aliphatic carbocycles. The number of fused-ring (bicyclic) bond motifs is 7. The molecular weight excluding hydrogens is 452 g/mol. The maximum Gasteiger partial charge on any atom is 0.154 e. The Morgan fingerprint density at radius 3 is 2.16 bits per heavy atom.